The Morgan fingerprint density at radius 3 is 2.15 bits per heavy atom. The molecule has 6 heteroatoms. The number of hydrogen-bond donors (Lipinski definition) is 2. The number of carboxylic acid groups (broad SMARTS) is 2. The van der Waals surface area contributed by atoms with Gasteiger partial charge in [-0.1, -0.05) is 19.1 Å². The number of benzene rings is 1. The summed E-state index contributed by atoms with van der Waals surface area (Å²) in [7, 11) is 0. The quantitative estimate of drug-likeness (QED) is 0.790. The van der Waals surface area contributed by atoms with E-state index in [1.54, 1.807) is 19.1 Å². The molecule has 0 fully saturated rings. The monoisotopic (exact) mass is 279 g/mol. The summed E-state index contributed by atoms with van der Waals surface area (Å²) < 4.78 is 0. The maximum absolute atomic E-state index is 11.7. The molecule has 0 spiro atoms. The van der Waals surface area contributed by atoms with E-state index in [1.807, 2.05) is 0 Å². The minimum absolute atomic E-state index is 0.112. The average molecular weight is 279 g/mol. The Kier molecular flexibility index (Phi) is 5.71. The van der Waals surface area contributed by atoms with Crippen LogP contribution in [0.5, 0.6) is 0 Å². The SMILES string of the molecule is CCC(=O)N(CCC(=O)O)Cc1ccc(C(=O)O)cc1. The smallest absolute Gasteiger partial charge is 0.335 e. The molecule has 0 aliphatic heterocycles. The number of hydrogen-bond acceptors (Lipinski definition) is 3. The zero-order chi connectivity index (χ0) is 15.1. The lowest BCUT2D eigenvalue weighted by Gasteiger charge is -2.21. The molecule has 0 aliphatic carbocycles. The fraction of sp³-hybridized carbons (Fsp3) is 0.357. The molecule has 20 heavy (non-hydrogen) atoms. The van der Waals surface area contributed by atoms with Crippen LogP contribution in [0.2, 0.25) is 0 Å². The normalized spacial score (nSPS) is 10.1. The van der Waals surface area contributed by atoms with Crippen molar-refractivity contribution < 1.29 is 24.6 Å². The second-order valence-corrected chi connectivity index (χ2v) is 4.31. The summed E-state index contributed by atoms with van der Waals surface area (Å²) in [6.45, 7) is 2.13. The first-order valence-corrected chi connectivity index (χ1v) is 6.25. The van der Waals surface area contributed by atoms with Crippen LogP contribution in [0.25, 0.3) is 0 Å². The Bertz CT molecular complexity index is 495. The van der Waals surface area contributed by atoms with Crippen molar-refractivity contribution in [1.82, 2.24) is 4.90 Å². The maximum atomic E-state index is 11.7. The first-order valence-electron chi connectivity index (χ1n) is 6.25. The van der Waals surface area contributed by atoms with E-state index in [0.29, 0.717) is 6.42 Å². The minimum Gasteiger partial charge on any atom is -0.481 e. The number of carboxylic acids is 2. The molecule has 0 aromatic heterocycles. The van der Waals surface area contributed by atoms with E-state index in [2.05, 4.69) is 0 Å². The van der Waals surface area contributed by atoms with Gasteiger partial charge in [0.05, 0.1) is 12.0 Å². The van der Waals surface area contributed by atoms with Gasteiger partial charge >= 0.3 is 11.9 Å². The number of aromatic carboxylic acids is 1. The van der Waals surface area contributed by atoms with Crippen molar-refractivity contribution in [2.24, 2.45) is 0 Å². The summed E-state index contributed by atoms with van der Waals surface area (Å²) in [5, 5.41) is 17.5. The van der Waals surface area contributed by atoms with Gasteiger partial charge in [-0.25, -0.2) is 4.79 Å². The molecule has 0 saturated carbocycles. The first-order chi connectivity index (χ1) is 9.43. The predicted octanol–water partition coefficient (Wildman–Crippen LogP) is 1.60. The van der Waals surface area contributed by atoms with Gasteiger partial charge in [-0.15, -0.1) is 0 Å². The van der Waals surface area contributed by atoms with E-state index < -0.39 is 11.9 Å². The van der Waals surface area contributed by atoms with E-state index in [4.69, 9.17) is 10.2 Å². The zero-order valence-electron chi connectivity index (χ0n) is 11.2. The lowest BCUT2D eigenvalue weighted by molar-refractivity contribution is -0.138. The molecule has 108 valence electrons. The summed E-state index contributed by atoms with van der Waals surface area (Å²) in [5.41, 5.74) is 0.940. The van der Waals surface area contributed by atoms with E-state index in [-0.39, 0.29) is 31.0 Å². The summed E-state index contributed by atoms with van der Waals surface area (Å²) >= 11 is 0. The summed E-state index contributed by atoms with van der Waals surface area (Å²) in [6.07, 6.45) is 0.186. The molecule has 6 nitrogen and oxygen atoms in total. The zero-order valence-corrected chi connectivity index (χ0v) is 11.2. The number of aliphatic carboxylic acids is 1. The molecular weight excluding hydrogens is 262 g/mol. The van der Waals surface area contributed by atoms with Crippen molar-refractivity contribution in [3.63, 3.8) is 0 Å². The Morgan fingerprint density at radius 1 is 1.10 bits per heavy atom. The van der Waals surface area contributed by atoms with Gasteiger partial charge in [0.25, 0.3) is 0 Å². The number of amides is 1. The molecule has 0 aliphatic rings. The van der Waals surface area contributed by atoms with Crippen LogP contribution in [-0.2, 0) is 16.1 Å². The van der Waals surface area contributed by atoms with Crippen LogP contribution in [0.4, 0.5) is 0 Å². The highest BCUT2D eigenvalue weighted by Gasteiger charge is 2.14. The Hall–Kier alpha value is -2.37. The van der Waals surface area contributed by atoms with Crippen molar-refractivity contribution in [1.29, 1.82) is 0 Å². The average Bonchev–Trinajstić information content (AvgIpc) is 2.42. The molecule has 0 radical (unpaired) electrons. The number of carbonyl (C=O) groups excluding carboxylic acids is 1. The lowest BCUT2D eigenvalue weighted by atomic mass is 10.1. The second kappa shape index (κ2) is 7.28. The maximum Gasteiger partial charge on any atom is 0.335 e. The standard InChI is InChI=1S/C14H17NO5/c1-2-12(16)15(8-7-13(17)18)9-10-3-5-11(6-4-10)14(19)20/h3-6H,2,7-9H2,1H3,(H,17,18)(H,19,20). The van der Waals surface area contributed by atoms with Crippen LogP contribution in [0.1, 0.15) is 35.7 Å². The van der Waals surface area contributed by atoms with Gasteiger partial charge in [-0.3, -0.25) is 9.59 Å². The first kappa shape index (κ1) is 15.7. The molecular formula is C14H17NO5. The summed E-state index contributed by atoms with van der Waals surface area (Å²) in [6, 6.07) is 6.17. The van der Waals surface area contributed by atoms with Crippen LogP contribution in [-0.4, -0.2) is 39.5 Å². The lowest BCUT2D eigenvalue weighted by Crippen LogP contribution is -2.32. The van der Waals surface area contributed by atoms with Crippen LogP contribution in [0, 0.1) is 0 Å². The molecule has 0 bridgehead atoms. The second-order valence-electron chi connectivity index (χ2n) is 4.31. The molecule has 1 aromatic rings. The van der Waals surface area contributed by atoms with Gasteiger partial charge in [0.15, 0.2) is 0 Å². The summed E-state index contributed by atoms with van der Waals surface area (Å²) in [4.78, 5) is 34.5. The van der Waals surface area contributed by atoms with E-state index in [1.165, 1.54) is 17.0 Å². The topological polar surface area (TPSA) is 94.9 Å². The fourth-order valence-corrected chi connectivity index (χ4v) is 1.72. The van der Waals surface area contributed by atoms with Crippen molar-refractivity contribution >= 4 is 17.8 Å². The molecule has 0 saturated heterocycles. The van der Waals surface area contributed by atoms with E-state index >= 15 is 0 Å². The predicted molar refractivity (Wildman–Crippen MR) is 71.4 cm³/mol. The molecule has 2 N–H and O–H groups in total. The highest BCUT2D eigenvalue weighted by molar-refractivity contribution is 5.87. The van der Waals surface area contributed by atoms with Gasteiger partial charge in [0.2, 0.25) is 5.91 Å². The van der Waals surface area contributed by atoms with Crippen LogP contribution < -0.4 is 0 Å². The van der Waals surface area contributed by atoms with Gasteiger partial charge in [-0.05, 0) is 17.7 Å². The molecule has 1 rings (SSSR count). The highest BCUT2D eigenvalue weighted by Crippen LogP contribution is 2.09. The van der Waals surface area contributed by atoms with E-state index in [9.17, 15) is 14.4 Å². The van der Waals surface area contributed by atoms with E-state index in [0.717, 1.165) is 5.56 Å². The Labute approximate surface area is 116 Å². The van der Waals surface area contributed by atoms with Crippen LogP contribution in [0.15, 0.2) is 24.3 Å². The van der Waals surface area contributed by atoms with Crippen LogP contribution in [0.3, 0.4) is 0 Å². The molecule has 1 amide bonds. The number of nitrogens with zero attached hydrogens (tertiary/aromatic N) is 1. The fourth-order valence-electron chi connectivity index (χ4n) is 1.72. The molecule has 0 heterocycles. The number of rotatable bonds is 7. The Morgan fingerprint density at radius 2 is 1.70 bits per heavy atom. The van der Waals surface area contributed by atoms with Gasteiger partial charge in [0, 0.05) is 19.5 Å². The van der Waals surface area contributed by atoms with Crippen molar-refractivity contribution in [2.45, 2.75) is 26.3 Å². The van der Waals surface area contributed by atoms with Gasteiger partial charge < -0.3 is 15.1 Å². The molecule has 1 aromatic carbocycles. The molecule has 0 atom stereocenters. The van der Waals surface area contributed by atoms with Gasteiger partial charge in [0.1, 0.15) is 0 Å². The van der Waals surface area contributed by atoms with Crippen molar-refractivity contribution in [3.05, 3.63) is 35.4 Å². The Balaban J connectivity index is 2.75. The van der Waals surface area contributed by atoms with Crippen molar-refractivity contribution in [3.8, 4) is 0 Å². The third-order valence-electron chi connectivity index (χ3n) is 2.83. The van der Waals surface area contributed by atoms with Crippen molar-refractivity contribution in [2.75, 3.05) is 6.54 Å². The summed E-state index contributed by atoms with van der Waals surface area (Å²) in [5.74, 6) is -2.10. The van der Waals surface area contributed by atoms with Gasteiger partial charge in [-0.2, -0.15) is 0 Å². The molecule has 0 unspecified atom stereocenters. The third kappa shape index (κ3) is 4.72. The number of carbonyl (C=O) groups is 3. The highest BCUT2D eigenvalue weighted by atomic mass is 16.4. The van der Waals surface area contributed by atoms with Crippen LogP contribution >= 0.6 is 0 Å². The third-order valence-corrected chi connectivity index (χ3v) is 2.83. The largest absolute Gasteiger partial charge is 0.481 e. The minimum atomic E-state index is -1.01.